The molecule has 1 atom stereocenters. The number of nitrogens with zero attached hydrogens (tertiary/aromatic N) is 2. The van der Waals surface area contributed by atoms with Gasteiger partial charge in [0.1, 0.15) is 5.56 Å². The Hall–Kier alpha value is -3.23. The summed E-state index contributed by atoms with van der Waals surface area (Å²) >= 11 is 0. The number of hydrogen-bond donors (Lipinski definition) is 0. The number of carbonyl (C=O) groups is 1. The summed E-state index contributed by atoms with van der Waals surface area (Å²) in [6.07, 6.45) is 10.1. The van der Waals surface area contributed by atoms with Gasteiger partial charge in [-0.3, -0.25) is 4.98 Å². The second-order valence-corrected chi connectivity index (χ2v) is 8.07. The van der Waals surface area contributed by atoms with Gasteiger partial charge in [0.25, 0.3) is 0 Å². The van der Waals surface area contributed by atoms with Gasteiger partial charge in [-0.2, -0.15) is 4.21 Å². The second-order valence-electron chi connectivity index (χ2n) is 5.63. The lowest BCUT2D eigenvalue weighted by molar-refractivity contribution is -0.304. The number of carbonyl (C=O) groups excluding carboxylic acids is 1. The molecule has 1 aromatic heterocycles. The monoisotopic (exact) mass is 361 g/mol. The Labute approximate surface area is 153 Å². The van der Waals surface area contributed by atoms with Crippen LogP contribution in [0.15, 0.2) is 84.0 Å². The Kier molecular flexibility index (Phi) is 4.97. The van der Waals surface area contributed by atoms with E-state index >= 15 is 0 Å². The maximum absolute atomic E-state index is 13.3. The van der Waals surface area contributed by atoms with E-state index < -0.39 is 15.6 Å². The summed E-state index contributed by atoms with van der Waals surface area (Å²) in [6.45, 7) is 0. The predicted molar refractivity (Wildman–Crippen MR) is 102 cm³/mol. The summed E-state index contributed by atoms with van der Waals surface area (Å²) in [5.74, 6) is -0.518. The van der Waals surface area contributed by atoms with Crippen molar-refractivity contribution in [3.05, 3.63) is 84.7 Å². The summed E-state index contributed by atoms with van der Waals surface area (Å²) < 4.78 is 14.3. The molecule has 0 bridgehead atoms. The number of hydrogen-bond acceptors (Lipinski definition) is 3. The molecule has 0 spiro atoms. The largest absolute Gasteiger partial charge is 0.445 e. The highest BCUT2D eigenvalue weighted by Crippen LogP contribution is 2.24. The molecule has 1 unspecified atom stereocenters. The minimum absolute atomic E-state index is 0.308. The van der Waals surface area contributed by atoms with Crippen molar-refractivity contribution in [2.45, 2.75) is 4.90 Å². The molecule has 0 aliphatic rings. The van der Waals surface area contributed by atoms with Crippen molar-refractivity contribution in [3.63, 3.8) is 0 Å². The van der Waals surface area contributed by atoms with Crippen LogP contribution in [0.2, 0.25) is 0 Å². The fourth-order valence-electron chi connectivity index (χ4n) is 2.64. The first-order valence-corrected chi connectivity index (χ1v) is 9.82. The zero-order valence-electron chi connectivity index (χ0n) is 14.2. The maximum Gasteiger partial charge on any atom is 0.445 e. The molecule has 1 amide bonds. The summed E-state index contributed by atoms with van der Waals surface area (Å²) in [4.78, 5) is 17.7. The lowest BCUT2D eigenvalue weighted by Gasteiger charge is -2.07. The number of terminal acetylenes is 1. The number of benzene rings is 2. The van der Waals surface area contributed by atoms with Crippen molar-refractivity contribution >= 4 is 15.6 Å². The Balaban J connectivity index is 2.21. The SMILES string of the molecule is C#C[N+](C(=O)c1cnccc1-c1ccccc1)=S(C)(=O)c1ccccc1. The van der Waals surface area contributed by atoms with E-state index in [9.17, 15) is 9.00 Å². The van der Waals surface area contributed by atoms with E-state index in [1.165, 1.54) is 12.5 Å². The molecule has 26 heavy (non-hydrogen) atoms. The third kappa shape index (κ3) is 3.28. The molecule has 1 heterocycles. The van der Waals surface area contributed by atoms with Crippen LogP contribution >= 0.6 is 0 Å². The molecule has 0 fully saturated rings. The van der Waals surface area contributed by atoms with Crippen LogP contribution in [0.1, 0.15) is 10.4 Å². The van der Waals surface area contributed by atoms with Crippen LogP contribution in [0.25, 0.3) is 11.1 Å². The average molecular weight is 361 g/mol. The summed E-state index contributed by atoms with van der Waals surface area (Å²) in [7, 11) is -2.93. The fourth-order valence-corrected chi connectivity index (χ4v) is 4.13. The van der Waals surface area contributed by atoms with E-state index in [1.54, 1.807) is 36.5 Å². The van der Waals surface area contributed by atoms with Gasteiger partial charge in [-0.15, -0.1) is 0 Å². The quantitative estimate of drug-likeness (QED) is 0.406. The van der Waals surface area contributed by atoms with Gasteiger partial charge in [-0.05, 0) is 34.1 Å². The van der Waals surface area contributed by atoms with Crippen LogP contribution in [0.5, 0.6) is 0 Å². The molecule has 0 aliphatic heterocycles. The minimum Gasteiger partial charge on any atom is -0.264 e. The Morgan fingerprint density at radius 2 is 1.65 bits per heavy atom. The Morgan fingerprint density at radius 3 is 2.27 bits per heavy atom. The van der Waals surface area contributed by atoms with E-state index in [1.807, 2.05) is 36.4 Å². The summed E-state index contributed by atoms with van der Waals surface area (Å²) in [5.41, 5.74) is 1.86. The van der Waals surface area contributed by atoms with Crippen molar-refractivity contribution in [1.29, 1.82) is 0 Å². The van der Waals surface area contributed by atoms with Crippen molar-refractivity contribution in [3.8, 4) is 23.6 Å². The highest BCUT2D eigenvalue weighted by Gasteiger charge is 2.30. The molecule has 0 N–H and O–H groups in total. The maximum atomic E-state index is 13.3. The smallest absolute Gasteiger partial charge is 0.264 e. The molecule has 128 valence electrons. The van der Waals surface area contributed by atoms with Crippen molar-refractivity contribution < 1.29 is 12.9 Å². The average Bonchev–Trinajstić information content (AvgIpc) is 2.69. The Morgan fingerprint density at radius 1 is 1.04 bits per heavy atom. The van der Waals surface area contributed by atoms with Crippen molar-refractivity contribution in [1.82, 2.24) is 4.98 Å². The zero-order valence-corrected chi connectivity index (χ0v) is 15.0. The molecule has 5 heteroatoms. The van der Waals surface area contributed by atoms with Crippen LogP contribution in [0, 0.1) is 12.5 Å². The normalized spacial score (nSPS) is 12.6. The number of aromatic nitrogens is 1. The van der Waals surface area contributed by atoms with Gasteiger partial charge in [-0.1, -0.05) is 48.5 Å². The summed E-state index contributed by atoms with van der Waals surface area (Å²) in [5, 5.41) is 0. The van der Waals surface area contributed by atoms with Crippen LogP contribution in [-0.2, 0) is 9.73 Å². The number of amides is 1. The highest BCUT2D eigenvalue weighted by atomic mass is 32.2. The topological polar surface area (TPSA) is 50.0 Å². The van der Waals surface area contributed by atoms with E-state index in [0.717, 1.165) is 9.51 Å². The van der Waals surface area contributed by atoms with Crippen molar-refractivity contribution in [2.75, 3.05) is 6.26 Å². The molecule has 0 aliphatic carbocycles. The van der Waals surface area contributed by atoms with E-state index in [4.69, 9.17) is 6.42 Å². The third-order valence-electron chi connectivity index (χ3n) is 3.97. The van der Waals surface area contributed by atoms with Gasteiger partial charge in [0.15, 0.2) is 0 Å². The van der Waals surface area contributed by atoms with Crippen molar-refractivity contribution in [2.24, 2.45) is 0 Å². The molecular formula is C21H17N2O2S+. The van der Waals surface area contributed by atoms with Gasteiger partial charge in [0.2, 0.25) is 15.8 Å². The van der Waals surface area contributed by atoms with Gasteiger partial charge in [-0.25, -0.2) is 4.79 Å². The fraction of sp³-hybridized carbons (Fsp3) is 0.0476. The molecule has 3 aromatic rings. The molecule has 0 saturated heterocycles. The van der Waals surface area contributed by atoms with Gasteiger partial charge in [0.05, 0.1) is 11.2 Å². The van der Waals surface area contributed by atoms with E-state index in [0.29, 0.717) is 16.0 Å². The Bertz CT molecular complexity index is 1110. The molecule has 0 radical (unpaired) electrons. The zero-order chi connectivity index (χ0) is 18.6. The van der Waals surface area contributed by atoms with Gasteiger partial charge >= 0.3 is 5.91 Å². The molecule has 4 nitrogen and oxygen atoms in total. The van der Waals surface area contributed by atoms with Gasteiger partial charge < -0.3 is 0 Å². The molecule has 2 aromatic carbocycles. The van der Waals surface area contributed by atoms with Gasteiger partial charge in [0, 0.05) is 18.0 Å². The predicted octanol–water partition coefficient (Wildman–Crippen LogP) is 3.65. The van der Waals surface area contributed by atoms with Crippen LogP contribution < -0.4 is 0 Å². The van der Waals surface area contributed by atoms with Crippen LogP contribution in [0.3, 0.4) is 0 Å². The minimum atomic E-state index is -2.93. The molecular weight excluding hydrogens is 344 g/mol. The first kappa shape index (κ1) is 17.6. The number of rotatable bonds is 3. The lowest BCUT2D eigenvalue weighted by Crippen LogP contribution is -2.24. The first-order chi connectivity index (χ1) is 12.6. The molecule has 3 rings (SSSR count). The summed E-state index contributed by atoms with van der Waals surface area (Å²) in [6, 6.07) is 22.2. The van der Waals surface area contributed by atoms with E-state index in [-0.39, 0.29) is 0 Å². The van der Waals surface area contributed by atoms with Crippen LogP contribution in [0.4, 0.5) is 0 Å². The lowest BCUT2D eigenvalue weighted by atomic mass is 10.0. The highest BCUT2D eigenvalue weighted by molar-refractivity contribution is 7.90. The molecule has 0 saturated carbocycles. The first-order valence-electron chi connectivity index (χ1n) is 7.90. The second kappa shape index (κ2) is 7.34. The standard InChI is InChI=1S/C21H17N2O2S/c1-3-23(26(2,25)18-12-8-5-9-13-18)21(24)20-16-22-15-14-19(20)17-10-6-4-7-11-17/h1,4-16H,2H3/q+1. The number of pyridine rings is 1. The third-order valence-corrected chi connectivity index (χ3v) is 6.08. The van der Waals surface area contributed by atoms with E-state index in [2.05, 4.69) is 11.0 Å². The van der Waals surface area contributed by atoms with Crippen LogP contribution in [-0.4, -0.2) is 25.3 Å².